The van der Waals surface area contributed by atoms with Crippen LogP contribution in [0.1, 0.15) is 33.3 Å². The van der Waals surface area contributed by atoms with Gasteiger partial charge >= 0.3 is 0 Å². The first-order valence-electron chi connectivity index (χ1n) is 6.32. The average Bonchev–Trinajstić information content (AvgIpc) is 2.61. The molecule has 3 nitrogen and oxygen atoms in total. The summed E-state index contributed by atoms with van der Waals surface area (Å²) in [5.41, 5.74) is 0.892. The second-order valence-corrected chi connectivity index (χ2v) is 6.74. The molecule has 1 aliphatic rings. The van der Waals surface area contributed by atoms with Crippen LogP contribution < -0.4 is 5.56 Å². The van der Waals surface area contributed by atoms with E-state index >= 15 is 0 Å². The van der Waals surface area contributed by atoms with Crippen molar-refractivity contribution in [2.75, 3.05) is 5.75 Å². The Morgan fingerprint density at radius 3 is 2.78 bits per heavy atom. The predicted octanol–water partition coefficient (Wildman–Crippen LogP) is 2.78. The molecule has 0 unspecified atom stereocenters. The van der Waals surface area contributed by atoms with E-state index in [1.54, 1.807) is 16.3 Å². The Hall–Kier alpha value is -1.03. The molecule has 0 saturated carbocycles. The van der Waals surface area contributed by atoms with Gasteiger partial charge in [0.2, 0.25) is 0 Å². The molecule has 0 atom stereocenters. The summed E-state index contributed by atoms with van der Waals surface area (Å²) in [5, 5.41) is 0.829. The van der Waals surface area contributed by atoms with Crippen molar-refractivity contribution in [3.63, 3.8) is 0 Å². The van der Waals surface area contributed by atoms with Crippen LogP contribution in [0, 0.1) is 5.92 Å². The topological polar surface area (TPSA) is 34.4 Å². The number of nitrogens with zero attached hydrogens (tertiary/aromatic N) is 2. The lowest BCUT2D eigenvalue weighted by Crippen LogP contribution is -2.27. The Bertz CT molecular complexity index is 529. The summed E-state index contributed by atoms with van der Waals surface area (Å²) >= 11 is 1.66. The van der Waals surface area contributed by atoms with Crippen LogP contribution in [0.25, 0.3) is 0 Å². The lowest BCUT2D eigenvalue weighted by Gasteiger charge is -2.10. The highest BCUT2D eigenvalue weighted by atomic mass is 32.2. The molecule has 1 aromatic rings. The van der Waals surface area contributed by atoms with E-state index in [1.807, 2.05) is 18.3 Å². The van der Waals surface area contributed by atoms with Crippen LogP contribution >= 0.6 is 11.8 Å². The van der Waals surface area contributed by atoms with Gasteiger partial charge in [-0.05, 0) is 32.3 Å². The van der Waals surface area contributed by atoms with Crippen LogP contribution in [-0.4, -0.2) is 21.0 Å². The van der Waals surface area contributed by atoms with Crippen molar-refractivity contribution in [1.29, 1.82) is 0 Å². The minimum atomic E-state index is -0.0620. The molecule has 0 aromatic carbocycles. The summed E-state index contributed by atoms with van der Waals surface area (Å²) in [6.07, 6.45) is 2.64. The second-order valence-electron chi connectivity index (χ2n) is 5.80. The Balaban J connectivity index is 2.39. The minimum Gasteiger partial charge on any atom is -0.269 e. The van der Waals surface area contributed by atoms with Crippen molar-refractivity contribution in [1.82, 2.24) is 4.57 Å². The fraction of sp³-hybridized carbons (Fsp3) is 0.571. The first-order valence-corrected chi connectivity index (χ1v) is 7.31. The summed E-state index contributed by atoms with van der Waals surface area (Å²) < 4.78 is 1.69. The van der Waals surface area contributed by atoms with Crippen molar-refractivity contribution >= 4 is 16.9 Å². The molecule has 0 saturated heterocycles. The van der Waals surface area contributed by atoms with Crippen LogP contribution in [0.3, 0.4) is 0 Å². The van der Waals surface area contributed by atoms with E-state index in [4.69, 9.17) is 0 Å². The average molecular weight is 264 g/mol. The summed E-state index contributed by atoms with van der Waals surface area (Å²) in [7, 11) is 0. The van der Waals surface area contributed by atoms with Crippen molar-refractivity contribution < 1.29 is 0 Å². The molecule has 0 spiro atoms. The van der Waals surface area contributed by atoms with Gasteiger partial charge < -0.3 is 0 Å². The van der Waals surface area contributed by atoms with Gasteiger partial charge in [0, 0.05) is 17.5 Å². The third-order valence-electron chi connectivity index (χ3n) is 2.81. The summed E-state index contributed by atoms with van der Waals surface area (Å²) in [6.45, 7) is 8.44. The summed E-state index contributed by atoms with van der Waals surface area (Å²) in [6, 6.07) is 3.86. The highest BCUT2D eigenvalue weighted by Crippen LogP contribution is 2.27. The number of pyridine rings is 1. The van der Waals surface area contributed by atoms with Crippen LogP contribution in [0.15, 0.2) is 28.1 Å². The SMILES string of the molecule is CC(C)Cc1cccn(C2=NC(C)(C)CS2)c1=O. The molecular weight excluding hydrogens is 244 g/mol. The van der Waals surface area contributed by atoms with Crippen molar-refractivity contribution in [3.8, 4) is 0 Å². The first-order chi connectivity index (χ1) is 8.39. The van der Waals surface area contributed by atoms with E-state index in [0.29, 0.717) is 5.92 Å². The summed E-state index contributed by atoms with van der Waals surface area (Å²) in [5.74, 6) is 1.42. The first kappa shape index (κ1) is 13.4. The van der Waals surface area contributed by atoms with Crippen LogP contribution in [0.4, 0.5) is 0 Å². The maximum absolute atomic E-state index is 12.4. The van der Waals surface area contributed by atoms with Crippen molar-refractivity contribution in [2.24, 2.45) is 10.9 Å². The number of aliphatic imine (C=N–C) groups is 1. The Kier molecular flexibility index (Phi) is 3.66. The quantitative estimate of drug-likeness (QED) is 0.823. The van der Waals surface area contributed by atoms with Gasteiger partial charge in [0.15, 0.2) is 5.17 Å². The molecule has 4 heteroatoms. The molecule has 0 radical (unpaired) electrons. The fourth-order valence-electron chi connectivity index (χ4n) is 1.97. The third kappa shape index (κ3) is 2.86. The lowest BCUT2D eigenvalue weighted by atomic mass is 10.0. The smallest absolute Gasteiger partial charge is 0.259 e. The van der Waals surface area contributed by atoms with E-state index in [0.717, 1.165) is 22.9 Å². The van der Waals surface area contributed by atoms with Gasteiger partial charge in [-0.2, -0.15) is 0 Å². The number of hydrogen-bond acceptors (Lipinski definition) is 3. The largest absolute Gasteiger partial charge is 0.269 e. The fourth-order valence-corrected chi connectivity index (χ4v) is 3.11. The Morgan fingerprint density at radius 1 is 1.50 bits per heavy atom. The molecule has 98 valence electrons. The van der Waals surface area contributed by atoms with Gasteiger partial charge in [0.05, 0.1) is 5.54 Å². The molecule has 0 aliphatic carbocycles. The van der Waals surface area contributed by atoms with E-state index in [2.05, 4.69) is 32.7 Å². The molecule has 0 bridgehead atoms. The van der Waals surface area contributed by atoms with Crippen molar-refractivity contribution in [2.45, 2.75) is 39.7 Å². The molecule has 1 aromatic heterocycles. The standard InChI is InChI=1S/C14H20N2OS/c1-10(2)8-11-6-5-7-16(12(11)17)13-15-14(3,4)9-18-13/h5-7,10H,8-9H2,1-4H3. The number of aromatic nitrogens is 1. The van der Waals surface area contributed by atoms with E-state index in [-0.39, 0.29) is 11.1 Å². The molecule has 18 heavy (non-hydrogen) atoms. The maximum Gasteiger partial charge on any atom is 0.259 e. The van der Waals surface area contributed by atoms with Crippen molar-refractivity contribution in [3.05, 3.63) is 34.2 Å². The zero-order valence-electron chi connectivity index (χ0n) is 11.4. The Morgan fingerprint density at radius 2 is 2.22 bits per heavy atom. The Labute approximate surface area is 112 Å². The molecule has 0 amide bonds. The lowest BCUT2D eigenvalue weighted by molar-refractivity contribution is 0.602. The third-order valence-corrected chi connectivity index (χ3v) is 4.21. The minimum absolute atomic E-state index is 0.0620. The van der Waals surface area contributed by atoms with E-state index in [9.17, 15) is 4.79 Å². The predicted molar refractivity (Wildman–Crippen MR) is 78.6 cm³/mol. The normalized spacial score (nSPS) is 18.2. The maximum atomic E-state index is 12.4. The van der Waals surface area contributed by atoms with Gasteiger partial charge in [-0.15, -0.1) is 0 Å². The van der Waals surface area contributed by atoms with Crippen LogP contribution in [0.2, 0.25) is 0 Å². The molecule has 1 aliphatic heterocycles. The van der Waals surface area contributed by atoms with Gasteiger partial charge in [-0.25, -0.2) is 0 Å². The molecule has 0 N–H and O–H groups in total. The van der Waals surface area contributed by atoms with Gasteiger partial charge in [-0.1, -0.05) is 31.7 Å². The van der Waals surface area contributed by atoms with E-state index in [1.165, 1.54) is 0 Å². The number of hydrogen-bond donors (Lipinski definition) is 0. The zero-order chi connectivity index (χ0) is 13.3. The summed E-state index contributed by atoms with van der Waals surface area (Å²) in [4.78, 5) is 17.0. The van der Waals surface area contributed by atoms with Crippen LogP contribution in [0.5, 0.6) is 0 Å². The van der Waals surface area contributed by atoms with Crippen LogP contribution in [-0.2, 0) is 6.42 Å². The number of thioether (sulfide) groups is 1. The molecule has 2 heterocycles. The monoisotopic (exact) mass is 264 g/mol. The van der Waals surface area contributed by atoms with Gasteiger partial charge in [0.25, 0.3) is 5.56 Å². The molecular formula is C14H20N2OS. The highest BCUT2D eigenvalue weighted by molar-refractivity contribution is 8.14. The van der Waals surface area contributed by atoms with Gasteiger partial charge in [0.1, 0.15) is 0 Å². The second kappa shape index (κ2) is 4.92. The molecule has 0 fully saturated rings. The number of rotatable bonds is 2. The zero-order valence-corrected chi connectivity index (χ0v) is 12.3. The van der Waals surface area contributed by atoms with Gasteiger partial charge in [-0.3, -0.25) is 14.4 Å². The van der Waals surface area contributed by atoms with E-state index < -0.39 is 0 Å². The molecule has 2 rings (SSSR count). The highest BCUT2D eigenvalue weighted by Gasteiger charge is 2.26.